The Bertz CT molecular complexity index is 452. The highest BCUT2D eigenvalue weighted by Crippen LogP contribution is 2.34. The zero-order valence-corrected chi connectivity index (χ0v) is 12.4. The Balaban J connectivity index is 0.00000400. The number of hydrazine groups is 1. The van der Waals surface area contributed by atoms with Crippen molar-refractivity contribution in [3.63, 3.8) is 0 Å². The molecule has 1 atom stereocenters. The van der Waals surface area contributed by atoms with Gasteiger partial charge < -0.3 is 4.74 Å². The fraction of sp³-hybridized carbons (Fsp3) is 0.462. The Morgan fingerprint density at radius 3 is 2.24 bits per heavy atom. The second-order valence-corrected chi connectivity index (χ2v) is 4.92. The second kappa shape index (κ2) is 7.63. The third-order valence-electron chi connectivity index (χ3n) is 3.03. The molecule has 21 heavy (non-hydrogen) atoms. The third kappa shape index (κ3) is 5.53. The van der Waals surface area contributed by atoms with Crippen LogP contribution in [0.25, 0.3) is 0 Å². The molecule has 1 aromatic rings. The van der Waals surface area contributed by atoms with Gasteiger partial charge in [0.25, 0.3) is 0 Å². The second-order valence-electron chi connectivity index (χ2n) is 4.92. The van der Waals surface area contributed by atoms with Crippen LogP contribution in [0.2, 0.25) is 0 Å². The van der Waals surface area contributed by atoms with E-state index in [2.05, 4.69) is 5.43 Å². The maximum absolute atomic E-state index is 13.0. The summed E-state index contributed by atoms with van der Waals surface area (Å²) < 4.78 is 43.7. The number of hydrogen-bond donors (Lipinski definition) is 2. The van der Waals surface area contributed by atoms with Crippen LogP contribution in [-0.2, 0) is 4.74 Å². The summed E-state index contributed by atoms with van der Waals surface area (Å²) in [5, 5.41) is 0. The molecule has 0 radical (unpaired) electrons. The molecule has 0 aliphatic heterocycles. The summed E-state index contributed by atoms with van der Waals surface area (Å²) in [6, 6.07) is 7.83. The number of alkyl halides is 3. The van der Waals surface area contributed by atoms with Crippen molar-refractivity contribution in [2.24, 2.45) is 11.8 Å². The van der Waals surface area contributed by atoms with Gasteiger partial charge in [-0.25, -0.2) is 4.79 Å². The Morgan fingerprint density at radius 2 is 1.81 bits per heavy atom. The van der Waals surface area contributed by atoms with Gasteiger partial charge in [0.05, 0.1) is 5.56 Å². The zero-order valence-electron chi connectivity index (χ0n) is 11.6. The van der Waals surface area contributed by atoms with Crippen LogP contribution in [-0.4, -0.2) is 24.3 Å². The van der Waals surface area contributed by atoms with Crippen LogP contribution < -0.4 is 11.3 Å². The average molecular weight is 327 g/mol. The molecule has 1 aromatic carbocycles. The molecule has 0 saturated carbocycles. The first kappa shape index (κ1) is 19.7. The van der Waals surface area contributed by atoms with E-state index in [1.54, 1.807) is 18.2 Å². The van der Waals surface area contributed by atoms with Gasteiger partial charge in [0.1, 0.15) is 12.5 Å². The van der Waals surface area contributed by atoms with Gasteiger partial charge in [-0.2, -0.15) is 13.2 Å². The quantitative estimate of drug-likeness (QED) is 0.496. The average Bonchev–Trinajstić information content (AvgIpc) is 2.38. The van der Waals surface area contributed by atoms with Gasteiger partial charge in [-0.05, 0) is 26.0 Å². The highest BCUT2D eigenvalue weighted by atomic mass is 35.5. The van der Waals surface area contributed by atoms with E-state index in [4.69, 9.17) is 10.6 Å². The molecule has 0 saturated heterocycles. The van der Waals surface area contributed by atoms with Crippen molar-refractivity contribution in [3.05, 3.63) is 35.9 Å². The summed E-state index contributed by atoms with van der Waals surface area (Å²) in [5.74, 6) is 2.42. The van der Waals surface area contributed by atoms with E-state index in [-0.39, 0.29) is 18.0 Å². The van der Waals surface area contributed by atoms with E-state index >= 15 is 0 Å². The largest absolute Gasteiger partial charge is 0.461 e. The van der Waals surface area contributed by atoms with Crippen molar-refractivity contribution in [3.8, 4) is 0 Å². The number of carbonyl (C=O) groups excluding carboxylic acids is 1. The SMILES string of the molecule is CC(C)(NN)C(COC(=O)c1ccccc1)C(F)(F)F.Cl. The van der Waals surface area contributed by atoms with Gasteiger partial charge in [-0.15, -0.1) is 12.4 Å². The van der Waals surface area contributed by atoms with E-state index in [0.29, 0.717) is 0 Å². The van der Waals surface area contributed by atoms with Gasteiger partial charge in [0.15, 0.2) is 0 Å². The highest BCUT2D eigenvalue weighted by molar-refractivity contribution is 5.89. The normalized spacial score (nSPS) is 13.2. The number of carbonyl (C=O) groups is 1. The molecule has 0 spiro atoms. The van der Waals surface area contributed by atoms with Crippen LogP contribution in [0.1, 0.15) is 24.2 Å². The summed E-state index contributed by atoms with van der Waals surface area (Å²) in [5.41, 5.74) is 0.852. The van der Waals surface area contributed by atoms with Crippen LogP contribution >= 0.6 is 12.4 Å². The smallest absolute Gasteiger partial charge is 0.396 e. The minimum Gasteiger partial charge on any atom is -0.461 e. The topological polar surface area (TPSA) is 64.3 Å². The Kier molecular flexibility index (Phi) is 7.15. The molecule has 0 amide bonds. The van der Waals surface area contributed by atoms with Gasteiger partial charge in [-0.3, -0.25) is 11.3 Å². The van der Waals surface area contributed by atoms with Crippen molar-refractivity contribution in [1.29, 1.82) is 0 Å². The maximum Gasteiger partial charge on any atom is 0.396 e. The number of esters is 1. The van der Waals surface area contributed by atoms with Crippen molar-refractivity contribution in [1.82, 2.24) is 5.43 Å². The lowest BCUT2D eigenvalue weighted by Crippen LogP contribution is -2.56. The predicted molar refractivity (Wildman–Crippen MR) is 74.9 cm³/mol. The fourth-order valence-corrected chi connectivity index (χ4v) is 1.63. The van der Waals surface area contributed by atoms with Crippen molar-refractivity contribution < 1.29 is 22.7 Å². The molecule has 8 heteroatoms. The van der Waals surface area contributed by atoms with Crippen molar-refractivity contribution in [2.45, 2.75) is 25.6 Å². The molecule has 0 fully saturated rings. The van der Waals surface area contributed by atoms with E-state index in [9.17, 15) is 18.0 Å². The number of halogens is 4. The van der Waals surface area contributed by atoms with Gasteiger partial charge in [0.2, 0.25) is 0 Å². The third-order valence-corrected chi connectivity index (χ3v) is 3.03. The van der Waals surface area contributed by atoms with Gasteiger partial charge in [-0.1, -0.05) is 18.2 Å². The molecule has 0 bridgehead atoms. The lowest BCUT2D eigenvalue weighted by atomic mass is 9.88. The summed E-state index contributed by atoms with van der Waals surface area (Å²) >= 11 is 0. The molecule has 120 valence electrons. The Morgan fingerprint density at radius 1 is 1.29 bits per heavy atom. The molecule has 3 N–H and O–H groups in total. The van der Waals surface area contributed by atoms with Gasteiger partial charge >= 0.3 is 12.1 Å². The summed E-state index contributed by atoms with van der Waals surface area (Å²) in [6.45, 7) is 1.79. The maximum atomic E-state index is 13.0. The minimum absolute atomic E-state index is 0. The molecule has 0 aliphatic carbocycles. The van der Waals surface area contributed by atoms with Crippen LogP contribution in [0, 0.1) is 5.92 Å². The summed E-state index contributed by atoms with van der Waals surface area (Å²) in [7, 11) is 0. The zero-order chi connectivity index (χ0) is 15.4. The molecule has 1 unspecified atom stereocenters. The Hall–Kier alpha value is -1.31. The van der Waals surface area contributed by atoms with Crippen LogP contribution in [0.4, 0.5) is 13.2 Å². The number of rotatable bonds is 5. The van der Waals surface area contributed by atoms with Crippen molar-refractivity contribution >= 4 is 18.4 Å². The van der Waals surface area contributed by atoms with Crippen LogP contribution in [0.15, 0.2) is 30.3 Å². The molecule has 0 heterocycles. The van der Waals surface area contributed by atoms with E-state index in [1.807, 2.05) is 0 Å². The first-order valence-corrected chi connectivity index (χ1v) is 5.95. The predicted octanol–water partition coefficient (Wildman–Crippen LogP) is 2.69. The van der Waals surface area contributed by atoms with Gasteiger partial charge in [0, 0.05) is 5.54 Å². The first-order chi connectivity index (χ1) is 9.18. The number of benzene rings is 1. The van der Waals surface area contributed by atoms with E-state index in [1.165, 1.54) is 26.0 Å². The minimum atomic E-state index is -4.53. The number of nitrogens with two attached hydrogens (primary N) is 1. The first-order valence-electron chi connectivity index (χ1n) is 5.95. The highest BCUT2D eigenvalue weighted by Gasteiger charge is 2.49. The molecular formula is C13H18ClF3N2O2. The monoisotopic (exact) mass is 326 g/mol. The number of nitrogens with one attached hydrogen (secondary N) is 1. The fourth-order valence-electron chi connectivity index (χ4n) is 1.63. The number of hydrogen-bond acceptors (Lipinski definition) is 4. The molecule has 0 aliphatic rings. The van der Waals surface area contributed by atoms with E-state index < -0.39 is 30.2 Å². The summed E-state index contributed by atoms with van der Waals surface area (Å²) in [6.07, 6.45) is -4.53. The molecule has 1 rings (SSSR count). The molecule has 4 nitrogen and oxygen atoms in total. The lowest BCUT2D eigenvalue weighted by Gasteiger charge is -2.34. The van der Waals surface area contributed by atoms with E-state index in [0.717, 1.165) is 0 Å². The van der Waals surface area contributed by atoms with Crippen LogP contribution in [0.5, 0.6) is 0 Å². The standard InChI is InChI=1S/C13H17F3N2O2.ClH/c1-12(2,18-17)10(13(14,15)16)8-20-11(19)9-6-4-3-5-7-9;/h3-7,10,18H,8,17H2,1-2H3;1H. The Labute approximate surface area is 127 Å². The molecule has 0 aromatic heterocycles. The lowest BCUT2D eigenvalue weighted by molar-refractivity contribution is -0.202. The number of ether oxygens (including phenoxy) is 1. The summed E-state index contributed by atoms with van der Waals surface area (Å²) in [4.78, 5) is 11.7. The molecular weight excluding hydrogens is 309 g/mol. The van der Waals surface area contributed by atoms with Crippen LogP contribution in [0.3, 0.4) is 0 Å². The van der Waals surface area contributed by atoms with Crippen molar-refractivity contribution in [2.75, 3.05) is 6.61 Å².